The topological polar surface area (TPSA) is 23.8 Å². The third kappa shape index (κ3) is 3.14. The average Bonchev–Trinajstić information content (AvgIpc) is 2.77. The molecule has 0 N–H and O–H groups in total. The number of thiazole rings is 1. The van der Waals surface area contributed by atoms with Crippen LogP contribution in [0.15, 0.2) is 16.6 Å². The smallest absolute Gasteiger partial charge is 0.198 e. The fraction of sp³-hybridized carbons (Fsp3) is 0.636. The predicted octanol–water partition coefficient (Wildman–Crippen LogP) is 1.00. The lowest BCUT2D eigenvalue weighted by molar-refractivity contribution is 0.216. The molecule has 1 aliphatic rings. The number of rotatable bonds is 1. The van der Waals surface area contributed by atoms with E-state index in [0.29, 0.717) is 0 Å². The van der Waals surface area contributed by atoms with Gasteiger partial charge in [0, 0.05) is 44.3 Å². The van der Waals surface area contributed by atoms with Gasteiger partial charge in [-0.15, -0.1) is 11.3 Å². The van der Waals surface area contributed by atoms with E-state index in [2.05, 4.69) is 44.9 Å². The van der Waals surface area contributed by atoms with Crippen molar-refractivity contribution in [1.82, 2.24) is 14.4 Å². The van der Waals surface area contributed by atoms with Gasteiger partial charge in [0.25, 0.3) is 0 Å². The van der Waals surface area contributed by atoms with Gasteiger partial charge in [-0.05, 0) is 26.2 Å². The largest absolute Gasteiger partial charge is 0.345 e. The van der Waals surface area contributed by atoms with Crippen molar-refractivity contribution in [2.24, 2.45) is 4.99 Å². The molecule has 0 saturated carbocycles. The molecule has 1 aromatic rings. The fourth-order valence-electron chi connectivity index (χ4n) is 1.78. The molecule has 0 radical (unpaired) electrons. The molecular formula is C11H18N4S2. The van der Waals surface area contributed by atoms with E-state index < -0.39 is 0 Å². The van der Waals surface area contributed by atoms with Gasteiger partial charge in [0.05, 0.1) is 0 Å². The van der Waals surface area contributed by atoms with Crippen molar-refractivity contribution in [2.75, 3.05) is 33.2 Å². The van der Waals surface area contributed by atoms with Gasteiger partial charge in [0.2, 0.25) is 0 Å². The lowest BCUT2D eigenvalue weighted by atomic mass is 10.3. The first-order valence-corrected chi connectivity index (χ1v) is 7.15. The summed E-state index contributed by atoms with van der Waals surface area (Å²) in [7, 11) is 2.14. The molecule has 0 aliphatic carbocycles. The van der Waals surface area contributed by atoms with E-state index >= 15 is 0 Å². The Morgan fingerprint density at radius 2 is 2.12 bits per heavy atom. The zero-order chi connectivity index (χ0) is 12.3. The number of aryl methyl sites for hydroxylation is 1. The van der Waals surface area contributed by atoms with E-state index in [1.165, 1.54) is 0 Å². The molecule has 6 heteroatoms. The number of nitrogens with zero attached hydrogens (tertiary/aromatic N) is 4. The first-order chi connectivity index (χ1) is 8.20. The molecule has 17 heavy (non-hydrogen) atoms. The zero-order valence-electron chi connectivity index (χ0n) is 10.3. The summed E-state index contributed by atoms with van der Waals surface area (Å²) in [5, 5.41) is 2.78. The van der Waals surface area contributed by atoms with Crippen molar-refractivity contribution in [3.8, 4) is 0 Å². The summed E-state index contributed by atoms with van der Waals surface area (Å²) in [6.07, 6.45) is 2.05. The Kier molecular flexibility index (Phi) is 4.31. The molecule has 1 aliphatic heterocycles. The maximum absolute atomic E-state index is 5.40. The molecule has 94 valence electrons. The second-order valence-corrected chi connectivity index (χ2v) is 5.39. The number of hydrogen-bond donors (Lipinski definition) is 0. The Morgan fingerprint density at radius 3 is 2.76 bits per heavy atom. The number of hydrogen-bond acceptors (Lipinski definition) is 3. The summed E-state index contributed by atoms with van der Waals surface area (Å²) < 4.78 is 2.12. The van der Waals surface area contributed by atoms with Crippen molar-refractivity contribution >= 4 is 28.7 Å². The summed E-state index contributed by atoms with van der Waals surface area (Å²) in [5.41, 5.74) is 0. The molecule has 1 fully saturated rings. The molecule has 2 rings (SSSR count). The van der Waals surface area contributed by atoms with Crippen molar-refractivity contribution < 1.29 is 0 Å². The standard InChI is InChI=1S/C11H18N4S2/c1-3-14-8-9-17-11(14)12-10(16)15-6-4-13(2)5-7-15/h8-9H,3-7H2,1-2H3/b12-11-. The SMILES string of the molecule is CCn1ccs/c1=N\C(=S)N1CCN(C)CC1. The minimum atomic E-state index is 0.725. The van der Waals surface area contributed by atoms with Crippen molar-refractivity contribution in [1.29, 1.82) is 0 Å². The van der Waals surface area contributed by atoms with E-state index in [0.717, 1.165) is 42.6 Å². The summed E-state index contributed by atoms with van der Waals surface area (Å²) in [4.78, 5) is 10.1. The maximum Gasteiger partial charge on any atom is 0.198 e. The quantitative estimate of drug-likeness (QED) is 0.712. The minimum absolute atomic E-state index is 0.725. The van der Waals surface area contributed by atoms with Crippen LogP contribution in [-0.2, 0) is 6.54 Å². The van der Waals surface area contributed by atoms with Crippen LogP contribution in [-0.4, -0.2) is 52.7 Å². The summed E-state index contributed by atoms with van der Waals surface area (Å²) in [6.45, 7) is 7.15. The number of aromatic nitrogens is 1. The van der Waals surface area contributed by atoms with Crippen LogP contribution in [0.5, 0.6) is 0 Å². The highest BCUT2D eigenvalue weighted by Crippen LogP contribution is 2.02. The van der Waals surface area contributed by atoms with Gasteiger partial charge in [-0.1, -0.05) is 0 Å². The average molecular weight is 270 g/mol. The van der Waals surface area contributed by atoms with Gasteiger partial charge in [0.15, 0.2) is 9.91 Å². The maximum atomic E-state index is 5.40. The van der Waals surface area contributed by atoms with Crippen LogP contribution in [0.3, 0.4) is 0 Å². The van der Waals surface area contributed by atoms with Gasteiger partial charge >= 0.3 is 0 Å². The van der Waals surface area contributed by atoms with Crippen LogP contribution < -0.4 is 4.80 Å². The number of likely N-dealkylation sites (N-methyl/N-ethyl adjacent to an activating group) is 1. The summed E-state index contributed by atoms with van der Waals surface area (Å²) in [6, 6.07) is 0. The van der Waals surface area contributed by atoms with Crippen molar-refractivity contribution in [2.45, 2.75) is 13.5 Å². The van der Waals surface area contributed by atoms with Gasteiger partial charge in [-0.3, -0.25) is 0 Å². The summed E-state index contributed by atoms with van der Waals surface area (Å²) >= 11 is 7.04. The highest BCUT2D eigenvalue weighted by molar-refractivity contribution is 7.80. The van der Waals surface area contributed by atoms with Gasteiger partial charge in [-0.25, -0.2) is 0 Å². The Morgan fingerprint density at radius 1 is 1.41 bits per heavy atom. The number of piperazine rings is 1. The van der Waals surface area contributed by atoms with Crippen LogP contribution in [0.1, 0.15) is 6.92 Å². The molecule has 1 saturated heterocycles. The molecule has 0 bridgehead atoms. The monoisotopic (exact) mass is 270 g/mol. The molecule has 0 unspecified atom stereocenters. The van der Waals surface area contributed by atoms with Crippen LogP contribution in [0.2, 0.25) is 0 Å². The molecule has 4 nitrogen and oxygen atoms in total. The van der Waals surface area contributed by atoms with Gasteiger partial charge < -0.3 is 14.4 Å². The van der Waals surface area contributed by atoms with E-state index in [1.807, 2.05) is 0 Å². The molecule has 1 aromatic heterocycles. The first kappa shape index (κ1) is 12.7. The third-order valence-corrected chi connectivity index (χ3v) is 4.11. The molecule has 0 spiro atoms. The minimum Gasteiger partial charge on any atom is -0.345 e. The van der Waals surface area contributed by atoms with E-state index in [1.54, 1.807) is 11.3 Å². The highest BCUT2D eigenvalue weighted by atomic mass is 32.1. The Labute approximate surface area is 111 Å². The van der Waals surface area contributed by atoms with Gasteiger partial charge in [-0.2, -0.15) is 4.99 Å². The second-order valence-electron chi connectivity index (χ2n) is 4.16. The Bertz CT molecular complexity index is 440. The van der Waals surface area contributed by atoms with E-state index in [9.17, 15) is 0 Å². The highest BCUT2D eigenvalue weighted by Gasteiger charge is 2.15. The summed E-state index contributed by atoms with van der Waals surface area (Å²) in [5.74, 6) is 0. The van der Waals surface area contributed by atoms with E-state index in [-0.39, 0.29) is 0 Å². The molecule has 0 aromatic carbocycles. The fourth-order valence-corrected chi connectivity index (χ4v) is 2.90. The lowest BCUT2D eigenvalue weighted by Crippen LogP contribution is -2.46. The predicted molar refractivity (Wildman–Crippen MR) is 75.2 cm³/mol. The molecule has 0 amide bonds. The Balaban J connectivity index is 2.08. The molecular weight excluding hydrogens is 252 g/mol. The van der Waals surface area contributed by atoms with E-state index in [4.69, 9.17) is 12.2 Å². The number of thiocarbonyl (C=S) groups is 1. The van der Waals surface area contributed by atoms with Crippen LogP contribution >= 0.6 is 23.6 Å². The van der Waals surface area contributed by atoms with Crippen molar-refractivity contribution in [3.05, 3.63) is 16.4 Å². The van der Waals surface area contributed by atoms with Crippen LogP contribution in [0.4, 0.5) is 0 Å². The van der Waals surface area contributed by atoms with Crippen LogP contribution in [0.25, 0.3) is 0 Å². The Hall–Kier alpha value is -0.720. The second kappa shape index (κ2) is 5.75. The van der Waals surface area contributed by atoms with Crippen molar-refractivity contribution in [3.63, 3.8) is 0 Å². The normalized spacial score (nSPS) is 18.7. The van der Waals surface area contributed by atoms with Gasteiger partial charge in [0.1, 0.15) is 0 Å². The first-order valence-electron chi connectivity index (χ1n) is 5.87. The third-order valence-electron chi connectivity index (χ3n) is 2.97. The molecule has 2 heterocycles. The zero-order valence-corrected chi connectivity index (χ0v) is 11.9. The van der Waals surface area contributed by atoms with Crippen LogP contribution in [0, 0.1) is 0 Å². The molecule has 0 atom stereocenters. The lowest BCUT2D eigenvalue weighted by Gasteiger charge is -2.32.